The molecule has 4 aliphatic rings. The standard InChI is InChI=1S/C55H87N3O18S/c1-32-16-12-11-13-17-33(2)45(71-8)28-41-21-19-38(7)55(68,76-41)51(64)52(65)58-23-15-14-18-42(58)53(66)74-46(29-43(61)34(3)25-37(6)49(63)50(73-10)48(62)36(5)24-32)35(4)26-39-20-22-44(47(27-39)72-9)75-54(67)57-77(69,70)56-30-40(60)31-59/h11-13,16-17,25,32,34-36,38-42,44-47,49-50,56,59-60,63,68H,14-15,18-24,26-31H2,1-10H3,(H,57,67)/b13-11+,16-12+,33-17+,37-25+/t32-,34-,35-,36-,38-,39+,40?,41+,42+,44-,45+,46+,47-,49-,50+,55-/m1/s1. The van der Waals surface area contributed by atoms with Crippen molar-refractivity contribution in [2.24, 2.45) is 35.5 Å². The van der Waals surface area contributed by atoms with Crippen LogP contribution in [0.1, 0.15) is 126 Å². The van der Waals surface area contributed by atoms with E-state index in [-0.39, 0.29) is 55.6 Å². The van der Waals surface area contributed by atoms with Crippen molar-refractivity contribution in [2.75, 3.05) is 41.0 Å². The molecule has 2 bridgehead atoms. The van der Waals surface area contributed by atoms with Crippen LogP contribution in [0.25, 0.3) is 0 Å². The van der Waals surface area contributed by atoms with Gasteiger partial charge in [0.2, 0.25) is 5.79 Å². The number of carbonyl (C=O) groups excluding carboxylic acids is 6. The Hall–Kier alpha value is -4.23. The number of Topliss-reactive ketones (excluding diaryl/α,β-unsaturated/α-hetero) is 3. The van der Waals surface area contributed by atoms with Crippen LogP contribution in [-0.4, -0.2) is 171 Å². The number of hydrogen-bond donors (Lipinski definition) is 6. The second-order valence-electron chi connectivity index (χ2n) is 21.8. The fourth-order valence-electron chi connectivity index (χ4n) is 10.8. The van der Waals surface area contributed by atoms with E-state index < -0.39 is 131 Å². The fraction of sp³-hybridized carbons (Fsp3) is 0.745. The second-order valence-corrected chi connectivity index (χ2v) is 23.3. The van der Waals surface area contributed by atoms with Crippen LogP contribution >= 0.6 is 0 Å². The van der Waals surface area contributed by atoms with Crippen molar-refractivity contribution in [3.05, 3.63) is 47.6 Å². The lowest BCUT2D eigenvalue weighted by Crippen LogP contribution is -2.61. The molecule has 0 aromatic carbocycles. The molecule has 2 saturated heterocycles. The molecule has 1 saturated carbocycles. The second kappa shape index (κ2) is 30.4. The summed E-state index contributed by atoms with van der Waals surface area (Å²) in [5.74, 6) is -9.11. The van der Waals surface area contributed by atoms with Crippen molar-refractivity contribution in [3.8, 4) is 0 Å². The molecule has 21 nitrogen and oxygen atoms in total. The van der Waals surface area contributed by atoms with Crippen molar-refractivity contribution in [1.82, 2.24) is 14.3 Å². The van der Waals surface area contributed by atoms with Crippen LogP contribution in [0, 0.1) is 35.5 Å². The highest BCUT2D eigenvalue weighted by Gasteiger charge is 2.53. The number of nitrogens with zero attached hydrogens (tertiary/aromatic N) is 1. The lowest BCUT2D eigenvalue weighted by Gasteiger charge is -2.42. The van der Waals surface area contributed by atoms with Crippen LogP contribution in [0.15, 0.2) is 47.6 Å². The number of hydrogen-bond acceptors (Lipinski definition) is 18. The van der Waals surface area contributed by atoms with Gasteiger partial charge in [0.1, 0.15) is 36.2 Å². The SMILES string of the molecule is CO[C@H]1C[C@@H]2CC[C@@H](C)[C@@](O)(O2)C(=O)C(=O)N2CCCC[C@H]2C(=O)O[C@H]([C@H](C)C[C@@H]2CC[C@@H](OC(=O)NS(=O)(=O)NCC(O)CO)[C@H](OC)C2)CC(=O)[C@H](C)/C=C(\C)[C@@H](O)[C@@H](OC)C(=O)[C@H](C)C[C@H](C)/C=C/C=C/C=C/1C. The number of nitrogens with one attached hydrogen (secondary N) is 2. The maximum absolute atomic E-state index is 14.6. The van der Waals surface area contributed by atoms with Crippen molar-refractivity contribution in [3.63, 3.8) is 0 Å². The zero-order valence-electron chi connectivity index (χ0n) is 46.6. The van der Waals surface area contributed by atoms with E-state index in [4.69, 9.17) is 33.5 Å². The van der Waals surface area contributed by atoms with Crippen LogP contribution in [0.4, 0.5) is 4.79 Å². The topological polar surface area (TPSA) is 300 Å². The molecule has 77 heavy (non-hydrogen) atoms. The summed E-state index contributed by atoms with van der Waals surface area (Å²) in [5, 5.41) is 42.0. The number of ketones is 3. The average Bonchev–Trinajstić information content (AvgIpc) is 3.39. The summed E-state index contributed by atoms with van der Waals surface area (Å²) in [6.07, 6.45) is 5.70. The minimum absolute atomic E-state index is 0.0128. The predicted molar refractivity (Wildman–Crippen MR) is 283 cm³/mol. The Labute approximate surface area is 454 Å². The van der Waals surface area contributed by atoms with Gasteiger partial charge in [-0.3, -0.25) is 19.2 Å². The molecule has 16 atom stereocenters. The zero-order chi connectivity index (χ0) is 57.4. The highest BCUT2D eigenvalue weighted by molar-refractivity contribution is 7.88. The number of esters is 1. The van der Waals surface area contributed by atoms with Gasteiger partial charge in [-0.15, -0.1) is 0 Å². The van der Waals surface area contributed by atoms with Crippen LogP contribution in [0.5, 0.6) is 0 Å². The van der Waals surface area contributed by atoms with Gasteiger partial charge >= 0.3 is 22.3 Å². The largest absolute Gasteiger partial charge is 0.460 e. The number of carbonyl (C=O) groups is 6. The Morgan fingerprint density at radius 1 is 0.896 bits per heavy atom. The predicted octanol–water partition coefficient (Wildman–Crippen LogP) is 4.10. The third-order valence-electron chi connectivity index (χ3n) is 15.6. The summed E-state index contributed by atoms with van der Waals surface area (Å²) in [5.41, 5.74) is 1.16. The lowest BCUT2D eigenvalue weighted by molar-refractivity contribution is -0.265. The van der Waals surface area contributed by atoms with Crippen molar-refractivity contribution >= 4 is 45.5 Å². The van der Waals surface area contributed by atoms with E-state index in [9.17, 15) is 52.5 Å². The number of aliphatic hydroxyl groups is 4. The van der Waals surface area contributed by atoms with Gasteiger partial charge < -0.3 is 53.7 Å². The minimum Gasteiger partial charge on any atom is -0.460 e. The zero-order valence-corrected chi connectivity index (χ0v) is 47.4. The molecule has 3 fully saturated rings. The van der Waals surface area contributed by atoms with Crippen LogP contribution < -0.4 is 9.44 Å². The maximum atomic E-state index is 14.6. The number of cyclic esters (lactones) is 1. The molecule has 3 aliphatic heterocycles. The molecule has 1 aliphatic carbocycles. The van der Waals surface area contributed by atoms with E-state index in [1.54, 1.807) is 45.6 Å². The van der Waals surface area contributed by atoms with Gasteiger partial charge in [0.25, 0.3) is 11.7 Å². The molecule has 3 heterocycles. The summed E-state index contributed by atoms with van der Waals surface area (Å²) in [6.45, 7) is 11.1. The molecule has 0 aromatic rings. The number of rotatable bonds is 12. The normalized spacial score (nSPS) is 36.5. The Bertz CT molecular complexity index is 2250. The molecule has 2 amide bonds. The quantitative estimate of drug-likeness (QED) is 0.0911. The Kier molecular flexibility index (Phi) is 25.8. The van der Waals surface area contributed by atoms with Crippen molar-refractivity contribution in [1.29, 1.82) is 0 Å². The van der Waals surface area contributed by atoms with Gasteiger partial charge in [-0.1, -0.05) is 71.1 Å². The fourth-order valence-corrected chi connectivity index (χ4v) is 11.6. The van der Waals surface area contributed by atoms with E-state index in [1.807, 2.05) is 55.9 Å². The third kappa shape index (κ3) is 18.7. The molecular weight excluding hydrogens is 1020 g/mol. The minimum atomic E-state index is -4.45. The van der Waals surface area contributed by atoms with Crippen LogP contribution in [-0.2, 0) is 62.6 Å². The van der Waals surface area contributed by atoms with Crippen molar-refractivity contribution in [2.45, 2.75) is 186 Å². The first kappa shape index (κ1) is 65.3. The molecule has 0 aromatic heterocycles. The Morgan fingerprint density at radius 3 is 2.27 bits per heavy atom. The van der Waals surface area contributed by atoms with E-state index >= 15 is 0 Å². The average molecular weight is 1110 g/mol. The lowest BCUT2D eigenvalue weighted by atomic mass is 9.78. The van der Waals surface area contributed by atoms with E-state index in [2.05, 4.69) is 0 Å². The highest BCUT2D eigenvalue weighted by atomic mass is 32.2. The molecule has 22 heteroatoms. The van der Waals surface area contributed by atoms with Gasteiger partial charge in [-0.25, -0.2) is 14.3 Å². The van der Waals surface area contributed by atoms with E-state index in [1.165, 1.54) is 14.2 Å². The monoisotopic (exact) mass is 1110 g/mol. The number of ether oxygens (including phenoxy) is 6. The summed E-state index contributed by atoms with van der Waals surface area (Å²) in [7, 11) is -0.142. The van der Waals surface area contributed by atoms with Crippen LogP contribution in [0.2, 0.25) is 0 Å². The summed E-state index contributed by atoms with van der Waals surface area (Å²) >= 11 is 0. The molecular formula is C55H87N3O18S. The van der Waals surface area contributed by atoms with Gasteiger partial charge in [0.05, 0.1) is 31.0 Å². The summed E-state index contributed by atoms with van der Waals surface area (Å²) in [6, 6.07) is -1.24. The number of piperidine rings is 1. The molecule has 0 spiro atoms. The number of methoxy groups -OCH3 is 3. The first-order valence-corrected chi connectivity index (χ1v) is 28.5. The summed E-state index contributed by atoms with van der Waals surface area (Å²) < 4.78 is 63.4. The Balaban J connectivity index is 1.66. The first-order chi connectivity index (χ1) is 36.3. The van der Waals surface area contributed by atoms with Gasteiger partial charge in [-0.05, 0) is 107 Å². The summed E-state index contributed by atoms with van der Waals surface area (Å²) in [4.78, 5) is 85.2. The van der Waals surface area contributed by atoms with E-state index in [0.717, 1.165) is 10.5 Å². The molecule has 0 radical (unpaired) electrons. The van der Waals surface area contributed by atoms with Gasteiger partial charge in [-0.2, -0.15) is 13.1 Å². The first-order valence-electron chi connectivity index (χ1n) is 27.0. The number of fused-ring (bicyclic) bond motifs is 3. The van der Waals surface area contributed by atoms with Gasteiger partial charge in [0.15, 0.2) is 5.78 Å². The number of amides is 2. The van der Waals surface area contributed by atoms with E-state index in [0.29, 0.717) is 56.9 Å². The molecule has 6 N–H and O–H groups in total. The molecule has 436 valence electrons. The number of allylic oxidation sites excluding steroid dienone is 6. The smallest absolute Gasteiger partial charge is 0.422 e. The molecule has 4 rings (SSSR count). The Morgan fingerprint density at radius 2 is 1.61 bits per heavy atom. The molecule has 1 unspecified atom stereocenters. The third-order valence-corrected chi connectivity index (χ3v) is 16.6. The van der Waals surface area contributed by atoms with Crippen molar-refractivity contribution < 1.29 is 86.0 Å². The maximum Gasteiger partial charge on any atom is 0.422 e. The number of aliphatic hydroxyl groups excluding tert-OH is 3. The van der Waals surface area contributed by atoms with Gasteiger partial charge in [0, 0.05) is 65.0 Å². The van der Waals surface area contributed by atoms with Crippen LogP contribution in [0.3, 0.4) is 0 Å². The highest BCUT2D eigenvalue weighted by Crippen LogP contribution is 2.38.